The molecule has 1 aromatic heterocycles. The average molecular weight is 405 g/mol. The largest absolute Gasteiger partial charge is 0.304 e. The SMILES string of the molecule is Cc1ccccc1C(=O)Nc1nn(Cc2ccccc2Cl)cc1Br. The number of anilines is 1. The maximum atomic E-state index is 12.4. The van der Waals surface area contributed by atoms with Gasteiger partial charge in [0.15, 0.2) is 5.82 Å². The van der Waals surface area contributed by atoms with Gasteiger partial charge in [0, 0.05) is 16.8 Å². The van der Waals surface area contributed by atoms with Gasteiger partial charge in [-0.25, -0.2) is 0 Å². The highest BCUT2D eigenvalue weighted by molar-refractivity contribution is 9.10. The maximum absolute atomic E-state index is 12.4. The summed E-state index contributed by atoms with van der Waals surface area (Å²) >= 11 is 9.62. The lowest BCUT2D eigenvalue weighted by Crippen LogP contribution is -2.14. The number of aromatic nitrogens is 2. The Balaban J connectivity index is 1.78. The van der Waals surface area contributed by atoms with Gasteiger partial charge in [-0.2, -0.15) is 5.10 Å². The summed E-state index contributed by atoms with van der Waals surface area (Å²) in [4.78, 5) is 12.4. The van der Waals surface area contributed by atoms with E-state index in [0.29, 0.717) is 22.9 Å². The smallest absolute Gasteiger partial charge is 0.257 e. The minimum Gasteiger partial charge on any atom is -0.304 e. The third-order valence-electron chi connectivity index (χ3n) is 3.63. The molecule has 4 nitrogen and oxygen atoms in total. The Morgan fingerprint density at radius 2 is 1.92 bits per heavy atom. The van der Waals surface area contributed by atoms with E-state index in [2.05, 4.69) is 26.3 Å². The van der Waals surface area contributed by atoms with E-state index in [9.17, 15) is 4.79 Å². The van der Waals surface area contributed by atoms with Gasteiger partial charge in [-0.05, 0) is 46.1 Å². The second-order valence-corrected chi connectivity index (χ2v) is 6.65. The molecule has 6 heteroatoms. The molecular formula is C18H15BrClN3O. The van der Waals surface area contributed by atoms with Gasteiger partial charge >= 0.3 is 0 Å². The van der Waals surface area contributed by atoms with Crippen LogP contribution in [-0.4, -0.2) is 15.7 Å². The lowest BCUT2D eigenvalue weighted by Gasteiger charge is -2.06. The Morgan fingerprint density at radius 1 is 1.21 bits per heavy atom. The average Bonchev–Trinajstić information content (AvgIpc) is 2.89. The van der Waals surface area contributed by atoms with Crippen molar-refractivity contribution in [1.29, 1.82) is 0 Å². The van der Waals surface area contributed by atoms with Crippen molar-refractivity contribution < 1.29 is 4.79 Å². The van der Waals surface area contributed by atoms with Gasteiger partial charge < -0.3 is 5.32 Å². The zero-order chi connectivity index (χ0) is 17.1. The Morgan fingerprint density at radius 3 is 2.67 bits per heavy atom. The molecule has 0 fully saturated rings. The van der Waals surface area contributed by atoms with Crippen molar-refractivity contribution in [1.82, 2.24) is 9.78 Å². The number of amides is 1. The summed E-state index contributed by atoms with van der Waals surface area (Å²) in [6, 6.07) is 15.0. The van der Waals surface area contributed by atoms with Gasteiger partial charge in [0.25, 0.3) is 5.91 Å². The van der Waals surface area contributed by atoms with Crippen LogP contribution in [0.5, 0.6) is 0 Å². The number of halogens is 2. The van der Waals surface area contributed by atoms with Crippen LogP contribution in [0.2, 0.25) is 5.02 Å². The monoisotopic (exact) mass is 403 g/mol. The van der Waals surface area contributed by atoms with Crippen molar-refractivity contribution in [2.75, 3.05) is 5.32 Å². The molecule has 0 aliphatic carbocycles. The Bertz CT molecular complexity index is 891. The molecule has 0 saturated carbocycles. The quantitative estimate of drug-likeness (QED) is 0.672. The van der Waals surface area contributed by atoms with Gasteiger partial charge in [-0.1, -0.05) is 48.0 Å². The van der Waals surface area contributed by atoms with E-state index >= 15 is 0 Å². The van der Waals surface area contributed by atoms with Gasteiger partial charge in [-0.15, -0.1) is 0 Å². The second kappa shape index (κ2) is 7.20. The van der Waals surface area contributed by atoms with Crippen LogP contribution in [0.4, 0.5) is 5.82 Å². The molecule has 24 heavy (non-hydrogen) atoms. The van der Waals surface area contributed by atoms with Crippen LogP contribution >= 0.6 is 27.5 Å². The standard InChI is InChI=1S/C18H15BrClN3O/c1-12-6-2-4-8-14(12)18(24)21-17-15(19)11-23(22-17)10-13-7-3-5-9-16(13)20/h2-9,11H,10H2,1H3,(H,21,22,24). The number of rotatable bonds is 4. The molecule has 0 aliphatic heterocycles. The lowest BCUT2D eigenvalue weighted by molar-refractivity contribution is 0.102. The van der Waals surface area contributed by atoms with Crippen molar-refractivity contribution in [3.05, 3.63) is 80.9 Å². The van der Waals surface area contributed by atoms with E-state index in [1.54, 1.807) is 10.7 Å². The molecule has 2 aromatic carbocycles. The first kappa shape index (κ1) is 16.7. The molecule has 3 aromatic rings. The number of nitrogens with one attached hydrogen (secondary N) is 1. The summed E-state index contributed by atoms with van der Waals surface area (Å²) in [5.74, 6) is 0.298. The Hall–Kier alpha value is -2.11. The molecule has 0 bridgehead atoms. The number of carbonyl (C=O) groups is 1. The van der Waals surface area contributed by atoms with Crippen LogP contribution in [0.3, 0.4) is 0 Å². The van der Waals surface area contributed by atoms with Crippen LogP contribution in [0, 0.1) is 6.92 Å². The predicted octanol–water partition coefficient (Wildman–Crippen LogP) is 4.91. The summed E-state index contributed by atoms with van der Waals surface area (Å²) < 4.78 is 2.45. The van der Waals surface area contributed by atoms with Crippen molar-refractivity contribution >= 4 is 39.3 Å². The maximum Gasteiger partial charge on any atom is 0.257 e. The van der Waals surface area contributed by atoms with Crippen LogP contribution in [0.15, 0.2) is 59.2 Å². The molecule has 0 aliphatic rings. The highest BCUT2D eigenvalue weighted by Gasteiger charge is 2.14. The number of nitrogens with zero attached hydrogens (tertiary/aromatic N) is 2. The van der Waals surface area contributed by atoms with E-state index in [1.165, 1.54) is 0 Å². The number of carbonyl (C=O) groups excluding carboxylic acids is 1. The predicted molar refractivity (Wildman–Crippen MR) is 99.6 cm³/mol. The highest BCUT2D eigenvalue weighted by atomic mass is 79.9. The molecule has 3 rings (SSSR count). The van der Waals surface area contributed by atoms with Gasteiger partial charge in [0.05, 0.1) is 11.0 Å². The number of hydrogen-bond acceptors (Lipinski definition) is 2. The first-order chi connectivity index (χ1) is 11.5. The Labute approximate surface area is 153 Å². The molecular weight excluding hydrogens is 390 g/mol. The van der Waals surface area contributed by atoms with Crippen LogP contribution < -0.4 is 5.32 Å². The number of aryl methyl sites for hydroxylation is 1. The third kappa shape index (κ3) is 3.68. The zero-order valence-corrected chi connectivity index (χ0v) is 15.3. The van der Waals surface area contributed by atoms with Gasteiger partial charge in [-0.3, -0.25) is 9.48 Å². The minimum atomic E-state index is -0.184. The highest BCUT2D eigenvalue weighted by Crippen LogP contribution is 2.23. The van der Waals surface area contributed by atoms with E-state index in [4.69, 9.17) is 11.6 Å². The normalized spacial score (nSPS) is 10.6. The fourth-order valence-electron chi connectivity index (χ4n) is 2.37. The summed E-state index contributed by atoms with van der Waals surface area (Å²) in [7, 11) is 0. The van der Waals surface area contributed by atoms with Crippen LogP contribution in [0.25, 0.3) is 0 Å². The Kier molecular flexibility index (Phi) is 5.02. The fourth-order valence-corrected chi connectivity index (χ4v) is 2.98. The van der Waals surface area contributed by atoms with Crippen molar-refractivity contribution in [2.45, 2.75) is 13.5 Å². The molecule has 0 atom stereocenters. The van der Waals surface area contributed by atoms with Gasteiger partial charge in [0.1, 0.15) is 0 Å². The molecule has 0 unspecified atom stereocenters. The zero-order valence-electron chi connectivity index (χ0n) is 13.0. The van der Waals surface area contributed by atoms with Crippen molar-refractivity contribution in [3.63, 3.8) is 0 Å². The van der Waals surface area contributed by atoms with Crippen molar-refractivity contribution in [3.8, 4) is 0 Å². The molecule has 122 valence electrons. The molecule has 0 saturated heterocycles. The van der Waals surface area contributed by atoms with Crippen LogP contribution in [-0.2, 0) is 6.54 Å². The summed E-state index contributed by atoms with van der Waals surface area (Å²) in [6.07, 6.45) is 1.82. The first-order valence-corrected chi connectivity index (χ1v) is 8.55. The van der Waals surface area contributed by atoms with Crippen LogP contribution in [0.1, 0.15) is 21.5 Å². The van der Waals surface area contributed by atoms with E-state index < -0.39 is 0 Å². The van der Waals surface area contributed by atoms with E-state index in [0.717, 1.165) is 15.6 Å². The van der Waals surface area contributed by atoms with Crippen molar-refractivity contribution in [2.24, 2.45) is 0 Å². The topological polar surface area (TPSA) is 46.9 Å². The molecule has 1 amide bonds. The molecule has 0 spiro atoms. The van der Waals surface area contributed by atoms with Gasteiger partial charge in [0.2, 0.25) is 0 Å². The summed E-state index contributed by atoms with van der Waals surface area (Å²) in [6.45, 7) is 2.43. The third-order valence-corrected chi connectivity index (χ3v) is 4.58. The number of hydrogen-bond donors (Lipinski definition) is 1. The molecule has 1 heterocycles. The second-order valence-electron chi connectivity index (χ2n) is 5.38. The van der Waals surface area contributed by atoms with E-state index in [1.807, 2.05) is 55.6 Å². The molecule has 1 N–H and O–H groups in total. The lowest BCUT2D eigenvalue weighted by atomic mass is 10.1. The minimum absolute atomic E-state index is 0.184. The first-order valence-electron chi connectivity index (χ1n) is 7.38. The summed E-state index contributed by atoms with van der Waals surface area (Å²) in [5, 5.41) is 7.95. The molecule has 0 radical (unpaired) electrons. The number of benzene rings is 2. The summed E-state index contributed by atoms with van der Waals surface area (Å²) in [5.41, 5.74) is 2.51. The van der Waals surface area contributed by atoms with E-state index in [-0.39, 0.29) is 5.91 Å². The fraction of sp³-hybridized carbons (Fsp3) is 0.111.